The molecule has 3 nitrogen and oxygen atoms in total. The minimum atomic E-state index is 0.114. The molecule has 1 heterocycles. The molecule has 0 fully saturated rings. The summed E-state index contributed by atoms with van der Waals surface area (Å²) in [4.78, 5) is 2.49. The summed E-state index contributed by atoms with van der Waals surface area (Å²) in [5.41, 5.74) is 6.36. The van der Waals surface area contributed by atoms with Crippen molar-refractivity contribution in [2.45, 2.75) is 53.1 Å². The number of nitrogens with zero attached hydrogens (tertiary/aromatic N) is 1. The first-order valence-corrected chi connectivity index (χ1v) is 7.48. The predicted octanol–water partition coefficient (Wildman–Crippen LogP) is 3.67. The van der Waals surface area contributed by atoms with Crippen LogP contribution in [0, 0.1) is 11.8 Å². The normalized spacial score (nSPS) is 15.4. The molecule has 19 heavy (non-hydrogen) atoms. The SMILES string of the molecule is CCC(N)C(c1ccco1)N(CC(C)C)CC(C)C. The molecule has 0 spiro atoms. The third-order valence-corrected chi connectivity index (χ3v) is 3.30. The second-order valence-corrected chi connectivity index (χ2v) is 6.27. The highest BCUT2D eigenvalue weighted by molar-refractivity contribution is 5.08. The van der Waals surface area contributed by atoms with Gasteiger partial charge in [-0.1, -0.05) is 34.6 Å². The van der Waals surface area contributed by atoms with Crippen LogP contribution in [0.5, 0.6) is 0 Å². The van der Waals surface area contributed by atoms with Crippen molar-refractivity contribution in [1.82, 2.24) is 4.90 Å². The molecule has 0 aliphatic carbocycles. The van der Waals surface area contributed by atoms with Crippen molar-refractivity contribution in [1.29, 1.82) is 0 Å². The lowest BCUT2D eigenvalue weighted by Gasteiger charge is -2.36. The van der Waals surface area contributed by atoms with E-state index in [9.17, 15) is 0 Å². The maximum Gasteiger partial charge on any atom is 0.122 e. The molecule has 2 atom stereocenters. The average molecular weight is 266 g/mol. The van der Waals surface area contributed by atoms with Gasteiger partial charge in [0, 0.05) is 19.1 Å². The molecule has 0 radical (unpaired) electrons. The maximum atomic E-state index is 6.36. The van der Waals surface area contributed by atoms with Crippen LogP contribution < -0.4 is 5.73 Å². The largest absolute Gasteiger partial charge is 0.468 e. The van der Waals surface area contributed by atoms with Crippen molar-refractivity contribution in [2.24, 2.45) is 17.6 Å². The third kappa shape index (κ3) is 5.00. The Hall–Kier alpha value is -0.800. The van der Waals surface area contributed by atoms with E-state index >= 15 is 0 Å². The summed E-state index contributed by atoms with van der Waals surface area (Å²) in [6.07, 6.45) is 2.70. The van der Waals surface area contributed by atoms with Crippen LogP contribution in [0.4, 0.5) is 0 Å². The van der Waals surface area contributed by atoms with Gasteiger partial charge in [-0.15, -0.1) is 0 Å². The Morgan fingerprint density at radius 3 is 2.11 bits per heavy atom. The first kappa shape index (κ1) is 16.3. The van der Waals surface area contributed by atoms with E-state index in [1.165, 1.54) is 0 Å². The Labute approximate surface area is 118 Å². The lowest BCUT2D eigenvalue weighted by molar-refractivity contribution is 0.117. The van der Waals surface area contributed by atoms with E-state index in [-0.39, 0.29) is 12.1 Å². The summed E-state index contributed by atoms with van der Waals surface area (Å²) in [7, 11) is 0. The highest BCUT2D eigenvalue weighted by Crippen LogP contribution is 2.27. The van der Waals surface area contributed by atoms with Gasteiger partial charge in [0.15, 0.2) is 0 Å². The number of nitrogens with two attached hydrogens (primary N) is 1. The van der Waals surface area contributed by atoms with Gasteiger partial charge in [0.05, 0.1) is 12.3 Å². The zero-order valence-corrected chi connectivity index (χ0v) is 13.1. The molecule has 0 saturated carbocycles. The molecule has 1 aromatic heterocycles. The smallest absolute Gasteiger partial charge is 0.122 e. The van der Waals surface area contributed by atoms with Crippen molar-refractivity contribution in [3.8, 4) is 0 Å². The summed E-state index contributed by atoms with van der Waals surface area (Å²) in [6.45, 7) is 13.3. The van der Waals surface area contributed by atoms with Gasteiger partial charge in [-0.3, -0.25) is 4.90 Å². The van der Waals surface area contributed by atoms with E-state index in [2.05, 4.69) is 39.5 Å². The minimum absolute atomic E-state index is 0.114. The Morgan fingerprint density at radius 1 is 1.16 bits per heavy atom. The van der Waals surface area contributed by atoms with Gasteiger partial charge in [0.25, 0.3) is 0 Å². The van der Waals surface area contributed by atoms with E-state index in [0.717, 1.165) is 25.3 Å². The molecule has 2 N–H and O–H groups in total. The van der Waals surface area contributed by atoms with Crippen molar-refractivity contribution < 1.29 is 4.42 Å². The van der Waals surface area contributed by atoms with Gasteiger partial charge in [-0.05, 0) is 30.4 Å². The number of furan rings is 1. The summed E-state index contributed by atoms with van der Waals surface area (Å²) in [6, 6.07) is 4.30. The summed E-state index contributed by atoms with van der Waals surface area (Å²) in [5, 5.41) is 0. The van der Waals surface area contributed by atoms with Crippen molar-refractivity contribution >= 4 is 0 Å². The van der Waals surface area contributed by atoms with Crippen molar-refractivity contribution in [3.05, 3.63) is 24.2 Å². The average Bonchev–Trinajstić information content (AvgIpc) is 2.80. The molecule has 110 valence electrons. The molecule has 1 aromatic rings. The van der Waals surface area contributed by atoms with Gasteiger partial charge >= 0.3 is 0 Å². The van der Waals surface area contributed by atoms with Crippen LogP contribution in [0.2, 0.25) is 0 Å². The fraction of sp³-hybridized carbons (Fsp3) is 0.750. The van der Waals surface area contributed by atoms with E-state index in [1.54, 1.807) is 6.26 Å². The van der Waals surface area contributed by atoms with Gasteiger partial charge in [0.2, 0.25) is 0 Å². The van der Waals surface area contributed by atoms with Gasteiger partial charge in [0.1, 0.15) is 5.76 Å². The lowest BCUT2D eigenvalue weighted by atomic mass is 9.99. The van der Waals surface area contributed by atoms with Crippen LogP contribution >= 0.6 is 0 Å². The molecule has 0 saturated heterocycles. The van der Waals surface area contributed by atoms with Crippen molar-refractivity contribution in [3.63, 3.8) is 0 Å². The second kappa shape index (κ2) is 7.71. The quantitative estimate of drug-likeness (QED) is 0.780. The molecule has 3 heteroatoms. The fourth-order valence-electron chi connectivity index (χ4n) is 2.58. The molecular weight excluding hydrogens is 236 g/mol. The molecule has 0 aliphatic heterocycles. The highest BCUT2D eigenvalue weighted by Gasteiger charge is 2.28. The molecule has 1 rings (SSSR count). The first-order valence-electron chi connectivity index (χ1n) is 7.48. The zero-order valence-electron chi connectivity index (χ0n) is 13.1. The van der Waals surface area contributed by atoms with Crippen LogP contribution in [-0.2, 0) is 0 Å². The minimum Gasteiger partial charge on any atom is -0.468 e. The molecule has 0 bridgehead atoms. The van der Waals surface area contributed by atoms with E-state index < -0.39 is 0 Å². The van der Waals surface area contributed by atoms with Crippen LogP contribution in [0.3, 0.4) is 0 Å². The number of hydrogen-bond donors (Lipinski definition) is 1. The molecule has 0 amide bonds. The Morgan fingerprint density at radius 2 is 1.74 bits per heavy atom. The van der Waals surface area contributed by atoms with Crippen molar-refractivity contribution in [2.75, 3.05) is 13.1 Å². The number of rotatable bonds is 8. The zero-order chi connectivity index (χ0) is 14.4. The predicted molar refractivity (Wildman–Crippen MR) is 81.0 cm³/mol. The van der Waals surface area contributed by atoms with Gasteiger partial charge in [-0.2, -0.15) is 0 Å². The summed E-state index contributed by atoms with van der Waals surface area (Å²) < 4.78 is 5.64. The topological polar surface area (TPSA) is 42.4 Å². The van der Waals surface area contributed by atoms with Gasteiger partial charge < -0.3 is 10.2 Å². The summed E-state index contributed by atoms with van der Waals surface area (Å²) in [5.74, 6) is 2.25. The van der Waals surface area contributed by atoms with E-state index in [0.29, 0.717) is 11.8 Å². The standard InChI is InChI=1S/C16H30N2O/c1-6-14(17)16(15-8-7-9-19-15)18(10-12(2)3)11-13(4)5/h7-9,12-14,16H,6,10-11,17H2,1-5H3. The lowest BCUT2D eigenvalue weighted by Crippen LogP contribution is -2.43. The highest BCUT2D eigenvalue weighted by atomic mass is 16.3. The van der Waals surface area contributed by atoms with Crippen LogP contribution in [0.1, 0.15) is 52.8 Å². The molecular formula is C16H30N2O. The van der Waals surface area contributed by atoms with Crippen LogP contribution in [0.15, 0.2) is 22.8 Å². The summed E-state index contributed by atoms with van der Waals surface area (Å²) >= 11 is 0. The van der Waals surface area contributed by atoms with E-state index in [1.807, 2.05) is 12.1 Å². The Kier molecular flexibility index (Phi) is 6.59. The van der Waals surface area contributed by atoms with Crippen LogP contribution in [-0.4, -0.2) is 24.0 Å². The first-order chi connectivity index (χ1) is 8.95. The molecule has 0 aliphatic rings. The Balaban J connectivity index is 2.95. The maximum absolute atomic E-state index is 6.36. The Bertz CT molecular complexity index is 323. The monoisotopic (exact) mass is 266 g/mol. The third-order valence-electron chi connectivity index (χ3n) is 3.30. The van der Waals surface area contributed by atoms with Crippen LogP contribution in [0.25, 0.3) is 0 Å². The van der Waals surface area contributed by atoms with E-state index in [4.69, 9.17) is 10.2 Å². The molecule has 2 unspecified atom stereocenters. The van der Waals surface area contributed by atoms with Gasteiger partial charge in [-0.25, -0.2) is 0 Å². The fourth-order valence-corrected chi connectivity index (χ4v) is 2.58. The molecule has 0 aromatic carbocycles. The number of hydrogen-bond acceptors (Lipinski definition) is 3. The second-order valence-electron chi connectivity index (χ2n) is 6.27.